The number of amides is 2. The van der Waals surface area contributed by atoms with Crippen molar-refractivity contribution in [2.75, 3.05) is 6.54 Å². The van der Waals surface area contributed by atoms with Gasteiger partial charge in [-0.25, -0.2) is 8.78 Å². The third-order valence-corrected chi connectivity index (χ3v) is 4.34. The van der Waals surface area contributed by atoms with E-state index < -0.39 is 23.4 Å². The van der Waals surface area contributed by atoms with Crippen molar-refractivity contribution in [2.45, 2.75) is 6.61 Å². The maximum Gasteiger partial charge on any atom is 0.265 e. The van der Waals surface area contributed by atoms with Crippen molar-refractivity contribution >= 4 is 35.2 Å². The molecule has 1 aliphatic rings. The fourth-order valence-electron chi connectivity index (χ4n) is 2.68. The van der Waals surface area contributed by atoms with Crippen molar-refractivity contribution in [3.8, 4) is 5.75 Å². The number of hydrogen-bond donors (Lipinski definition) is 1. The zero-order valence-corrected chi connectivity index (χ0v) is 16.0. The lowest BCUT2D eigenvalue weighted by atomic mass is 10.1. The van der Waals surface area contributed by atoms with Gasteiger partial charge in [0.1, 0.15) is 29.6 Å². The molecule has 0 bridgehead atoms. The van der Waals surface area contributed by atoms with Gasteiger partial charge in [-0.3, -0.25) is 19.8 Å². The highest BCUT2D eigenvalue weighted by molar-refractivity contribution is 7.80. The summed E-state index contributed by atoms with van der Waals surface area (Å²) < 4.78 is 31.9. The van der Waals surface area contributed by atoms with E-state index >= 15 is 0 Å². The van der Waals surface area contributed by atoms with E-state index in [1.165, 1.54) is 29.2 Å². The molecule has 1 heterocycles. The lowest BCUT2D eigenvalue weighted by molar-refractivity contribution is -0.128. The van der Waals surface area contributed by atoms with Crippen molar-refractivity contribution in [3.63, 3.8) is 0 Å². The minimum atomic E-state index is -0.675. The standard InChI is InChI=1S/C21H16F2N2O3S/c1-2-7-25-20(27)18(19(26)24-21(25)29)10-13-3-5-17(6-4-13)28-12-14-8-15(22)11-16(23)9-14/h2-6,8-11H,1,7,12H2,(H,24,26,29). The molecule has 0 radical (unpaired) electrons. The first-order valence-electron chi connectivity index (χ1n) is 8.55. The van der Waals surface area contributed by atoms with Gasteiger partial charge in [-0.15, -0.1) is 6.58 Å². The Bertz CT molecular complexity index is 999. The van der Waals surface area contributed by atoms with Crippen LogP contribution in [0, 0.1) is 11.6 Å². The van der Waals surface area contributed by atoms with Gasteiger partial charge in [0.05, 0.1) is 0 Å². The minimum absolute atomic E-state index is 0.00995. The van der Waals surface area contributed by atoms with Crippen LogP contribution in [0.2, 0.25) is 0 Å². The second-order valence-electron chi connectivity index (χ2n) is 6.16. The van der Waals surface area contributed by atoms with E-state index in [1.807, 2.05) is 0 Å². The number of benzene rings is 2. The van der Waals surface area contributed by atoms with Crippen LogP contribution in [0.15, 0.2) is 60.7 Å². The average molecular weight is 414 g/mol. The van der Waals surface area contributed by atoms with E-state index in [4.69, 9.17) is 17.0 Å². The van der Waals surface area contributed by atoms with Crippen molar-refractivity contribution in [1.82, 2.24) is 10.2 Å². The van der Waals surface area contributed by atoms with Crippen LogP contribution in [-0.2, 0) is 16.2 Å². The Kier molecular flexibility index (Phi) is 6.13. The molecule has 0 aliphatic carbocycles. The fourth-order valence-corrected chi connectivity index (χ4v) is 2.93. The highest BCUT2D eigenvalue weighted by Gasteiger charge is 2.32. The van der Waals surface area contributed by atoms with Crippen molar-refractivity contribution in [3.05, 3.63) is 83.5 Å². The zero-order chi connectivity index (χ0) is 21.0. The van der Waals surface area contributed by atoms with Crippen LogP contribution in [0.1, 0.15) is 11.1 Å². The molecule has 1 saturated heterocycles. The van der Waals surface area contributed by atoms with Gasteiger partial charge in [-0.05, 0) is 53.7 Å². The number of rotatable bonds is 6. The van der Waals surface area contributed by atoms with Gasteiger partial charge in [0.2, 0.25) is 0 Å². The van der Waals surface area contributed by atoms with Crippen LogP contribution in [0.4, 0.5) is 8.78 Å². The van der Waals surface area contributed by atoms with Gasteiger partial charge in [-0.1, -0.05) is 18.2 Å². The predicted octanol–water partition coefficient (Wildman–Crippen LogP) is 3.36. The predicted molar refractivity (Wildman–Crippen MR) is 108 cm³/mol. The van der Waals surface area contributed by atoms with E-state index in [-0.39, 0.29) is 23.8 Å². The lowest BCUT2D eigenvalue weighted by Gasteiger charge is -2.27. The Labute approximate surface area is 171 Å². The second-order valence-corrected chi connectivity index (χ2v) is 6.54. The first kappa shape index (κ1) is 20.3. The molecule has 2 aromatic carbocycles. The number of hydrogen-bond acceptors (Lipinski definition) is 4. The van der Waals surface area contributed by atoms with Gasteiger partial charge in [0.25, 0.3) is 11.8 Å². The topological polar surface area (TPSA) is 58.6 Å². The third kappa shape index (κ3) is 4.91. The number of carbonyl (C=O) groups excluding carboxylic acids is 2. The summed E-state index contributed by atoms with van der Waals surface area (Å²) >= 11 is 5.00. The zero-order valence-electron chi connectivity index (χ0n) is 15.2. The Morgan fingerprint density at radius 3 is 2.38 bits per heavy atom. The van der Waals surface area contributed by atoms with E-state index in [9.17, 15) is 18.4 Å². The maximum absolute atomic E-state index is 13.2. The highest BCUT2D eigenvalue weighted by atomic mass is 32.1. The van der Waals surface area contributed by atoms with Gasteiger partial charge in [0, 0.05) is 12.6 Å². The molecule has 8 heteroatoms. The summed E-state index contributed by atoms with van der Waals surface area (Å²) in [5, 5.41) is 2.51. The molecule has 0 spiro atoms. The number of nitrogens with one attached hydrogen (secondary N) is 1. The SMILES string of the molecule is C=CCN1C(=O)C(=Cc2ccc(OCc3cc(F)cc(F)c3)cc2)C(=O)NC1=S. The molecule has 1 fully saturated rings. The monoisotopic (exact) mass is 414 g/mol. The quantitative estimate of drug-likeness (QED) is 0.341. The van der Waals surface area contributed by atoms with Gasteiger partial charge >= 0.3 is 0 Å². The number of nitrogens with zero attached hydrogens (tertiary/aromatic N) is 1. The van der Waals surface area contributed by atoms with Crippen molar-refractivity contribution in [1.29, 1.82) is 0 Å². The van der Waals surface area contributed by atoms with Crippen LogP contribution in [0.3, 0.4) is 0 Å². The molecule has 29 heavy (non-hydrogen) atoms. The molecular formula is C21H16F2N2O3S. The second kappa shape index (κ2) is 8.74. The van der Waals surface area contributed by atoms with Crippen molar-refractivity contribution in [2.24, 2.45) is 0 Å². The van der Waals surface area contributed by atoms with E-state index in [1.54, 1.807) is 24.3 Å². The molecule has 3 rings (SSSR count). The first-order chi connectivity index (χ1) is 13.9. The van der Waals surface area contributed by atoms with E-state index in [2.05, 4.69) is 11.9 Å². The fraction of sp³-hybridized carbons (Fsp3) is 0.0952. The normalized spacial score (nSPS) is 15.4. The minimum Gasteiger partial charge on any atom is -0.489 e. The van der Waals surface area contributed by atoms with Gasteiger partial charge in [-0.2, -0.15) is 0 Å². The largest absolute Gasteiger partial charge is 0.489 e. The Morgan fingerprint density at radius 1 is 1.10 bits per heavy atom. The molecule has 0 atom stereocenters. The van der Waals surface area contributed by atoms with Crippen LogP contribution in [0.5, 0.6) is 5.75 Å². The van der Waals surface area contributed by atoms with Crippen molar-refractivity contribution < 1.29 is 23.1 Å². The summed E-state index contributed by atoms with van der Waals surface area (Å²) in [6.45, 7) is 3.74. The number of ether oxygens (including phenoxy) is 1. The molecule has 1 N–H and O–H groups in total. The first-order valence-corrected chi connectivity index (χ1v) is 8.96. The number of halogens is 2. The molecular weight excluding hydrogens is 398 g/mol. The van der Waals surface area contributed by atoms with Crippen LogP contribution in [-0.4, -0.2) is 28.4 Å². The molecule has 0 unspecified atom stereocenters. The Morgan fingerprint density at radius 2 is 1.76 bits per heavy atom. The lowest BCUT2D eigenvalue weighted by Crippen LogP contribution is -2.53. The highest BCUT2D eigenvalue weighted by Crippen LogP contribution is 2.19. The van der Waals surface area contributed by atoms with Crippen LogP contribution in [0.25, 0.3) is 6.08 Å². The van der Waals surface area contributed by atoms with E-state index in [0.29, 0.717) is 16.9 Å². The number of thiocarbonyl (C=S) groups is 1. The van der Waals surface area contributed by atoms with Crippen LogP contribution < -0.4 is 10.1 Å². The van der Waals surface area contributed by atoms with Gasteiger partial charge in [0.15, 0.2) is 5.11 Å². The summed E-state index contributed by atoms with van der Waals surface area (Å²) in [5.74, 6) is -1.97. The van der Waals surface area contributed by atoms with Gasteiger partial charge < -0.3 is 4.74 Å². The summed E-state index contributed by atoms with van der Waals surface area (Å²) in [7, 11) is 0. The average Bonchev–Trinajstić information content (AvgIpc) is 2.67. The summed E-state index contributed by atoms with van der Waals surface area (Å²) in [6.07, 6.45) is 2.96. The Hall–Kier alpha value is -3.39. The molecule has 0 saturated carbocycles. The molecule has 0 aromatic heterocycles. The number of carbonyl (C=O) groups is 2. The maximum atomic E-state index is 13.2. The van der Waals surface area contributed by atoms with E-state index in [0.717, 1.165) is 6.07 Å². The Balaban J connectivity index is 1.72. The molecule has 5 nitrogen and oxygen atoms in total. The summed E-state index contributed by atoms with van der Waals surface area (Å²) in [4.78, 5) is 25.9. The smallest absolute Gasteiger partial charge is 0.265 e. The molecule has 1 aliphatic heterocycles. The third-order valence-electron chi connectivity index (χ3n) is 4.02. The molecule has 148 valence electrons. The van der Waals surface area contributed by atoms with Crippen LogP contribution >= 0.6 is 12.2 Å². The summed E-state index contributed by atoms with van der Waals surface area (Å²) in [6, 6.07) is 9.72. The summed E-state index contributed by atoms with van der Waals surface area (Å²) in [5.41, 5.74) is 0.903. The molecule has 2 amide bonds. The molecule has 2 aromatic rings.